The standard InChI is InChI=1S/C9H13N3O/c10-7-1-2-8(11-5-7)12-9(6-13)3-4-9/h1-2,5,13H,3-4,6,10H2,(H,11,12). The molecule has 0 atom stereocenters. The first-order valence-corrected chi connectivity index (χ1v) is 4.35. The summed E-state index contributed by atoms with van der Waals surface area (Å²) in [4.78, 5) is 4.10. The quantitative estimate of drug-likeness (QED) is 0.635. The lowest BCUT2D eigenvalue weighted by Gasteiger charge is -2.14. The van der Waals surface area contributed by atoms with E-state index in [1.165, 1.54) is 0 Å². The van der Waals surface area contributed by atoms with E-state index < -0.39 is 0 Å². The molecular weight excluding hydrogens is 166 g/mol. The summed E-state index contributed by atoms with van der Waals surface area (Å²) in [6.45, 7) is 0.166. The van der Waals surface area contributed by atoms with E-state index in [0.29, 0.717) is 5.69 Å². The minimum atomic E-state index is -0.108. The lowest BCUT2D eigenvalue weighted by molar-refractivity contribution is 0.266. The SMILES string of the molecule is Nc1ccc(NC2(CO)CC2)nc1. The molecule has 0 radical (unpaired) electrons. The zero-order valence-corrected chi connectivity index (χ0v) is 7.33. The topological polar surface area (TPSA) is 71.2 Å². The first-order chi connectivity index (χ1) is 6.24. The Morgan fingerprint density at radius 1 is 1.54 bits per heavy atom. The molecule has 1 saturated carbocycles. The number of hydrogen-bond acceptors (Lipinski definition) is 4. The molecule has 1 aliphatic rings. The van der Waals surface area contributed by atoms with Gasteiger partial charge in [0.1, 0.15) is 5.82 Å². The zero-order chi connectivity index (χ0) is 9.31. The first kappa shape index (κ1) is 8.31. The Hall–Kier alpha value is -1.29. The van der Waals surface area contributed by atoms with Crippen molar-refractivity contribution in [2.75, 3.05) is 17.7 Å². The van der Waals surface area contributed by atoms with Gasteiger partial charge >= 0.3 is 0 Å². The highest BCUT2D eigenvalue weighted by Gasteiger charge is 2.42. The number of aromatic nitrogens is 1. The fourth-order valence-electron chi connectivity index (χ4n) is 1.22. The summed E-state index contributed by atoms with van der Waals surface area (Å²) in [6, 6.07) is 3.62. The molecule has 0 spiro atoms. The highest BCUT2D eigenvalue weighted by Crippen LogP contribution is 2.37. The van der Waals surface area contributed by atoms with Gasteiger partial charge in [-0.1, -0.05) is 0 Å². The van der Waals surface area contributed by atoms with Gasteiger partial charge in [-0.3, -0.25) is 0 Å². The van der Waals surface area contributed by atoms with Crippen LogP contribution in [0.3, 0.4) is 0 Å². The van der Waals surface area contributed by atoms with Gasteiger partial charge in [0.05, 0.1) is 24.0 Å². The third-order valence-electron chi connectivity index (χ3n) is 2.34. The summed E-state index contributed by atoms with van der Waals surface area (Å²) >= 11 is 0. The minimum absolute atomic E-state index is 0.108. The van der Waals surface area contributed by atoms with Crippen molar-refractivity contribution in [2.24, 2.45) is 0 Å². The summed E-state index contributed by atoms with van der Waals surface area (Å²) in [5.41, 5.74) is 6.04. The number of nitrogens with zero attached hydrogens (tertiary/aromatic N) is 1. The van der Waals surface area contributed by atoms with Gasteiger partial charge in [0.2, 0.25) is 0 Å². The van der Waals surface area contributed by atoms with Crippen LogP contribution in [0.2, 0.25) is 0 Å². The maximum Gasteiger partial charge on any atom is 0.126 e. The molecule has 1 heterocycles. The first-order valence-electron chi connectivity index (χ1n) is 4.35. The average molecular weight is 179 g/mol. The Balaban J connectivity index is 2.06. The van der Waals surface area contributed by atoms with E-state index in [-0.39, 0.29) is 12.1 Å². The Morgan fingerprint density at radius 3 is 2.77 bits per heavy atom. The van der Waals surface area contributed by atoms with Gasteiger partial charge in [0.25, 0.3) is 0 Å². The van der Waals surface area contributed by atoms with Gasteiger partial charge in [-0.05, 0) is 25.0 Å². The number of nitrogens with one attached hydrogen (secondary N) is 1. The largest absolute Gasteiger partial charge is 0.397 e. The average Bonchev–Trinajstić information content (AvgIpc) is 2.90. The monoisotopic (exact) mass is 179 g/mol. The molecule has 0 saturated heterocycles. The van der Waals surface area contributed by atoms with Crippen molar-refractivity contribution in [3.05, 3.63) is 18.3 Å². The lowest BCUT2D eigenvalue weighted by atomic mass is 10.3. The molecule has 1 aromatic heterocycles. The third-order valence-corrected chi connectivity index (χ3v) is 2.34. The van der Waals surface area contributed by atoms with E-state index >= 15 is 0 Å². The highest BCUT2D eigenvalue weighted by molar-refractivity contribution is 5.46. The molecule has 4 nitrogen and oxygen atoms in total. The summed E-state index contributed by atoms with van der Waals surface area (Å²) in [5, 5.41) is 12.2. The number of pyridine rings is 1. The van der Waals surface area contributed by atoms with Crippen molar-refractivity contribution in [1.29, 1.82) is 0 Å². The second kappa shape index (κ2) is 2.88. The molecule has 13 heavy (non-hydrogen) atoms. The molecule has 0 aliphatic heterocycles. The van der Waals surface area contributed by atoms with Crippen molar-refractivity contribution >= 4 is 11.5 Å². The number of aliphatic hydroxyl groups is 1. The molecule has 2 rings (SSSR count). The van der Waals surface area contributed by atoms with Crippen LogP contribution in [0.15, 0.2) is 18.3 Å². The predicted molar refractivity (Wildman–Crippen MR) is 51.3 cm³/mol. The Morgan fingerprint density at radius 2 is 2.31 bits per heavy atom. The Bertz CT molecular complexity index is 292. The zero-order valence-electron chi connectivity index (χ0n) is 7.33. The number of nitrogens with two attached hydrogens (primary N) is 1. The van der Waals surface area contributed by atoms with Crippen LogP contribution in [0.1, 0.15) is 12.8 Å². The number of rotatable bonds is 3. The second-order valence-electron chi connectivity index (χ2n) is 3.54. The molecule has 0 amide bonds. The number of hydrogen-bond donors (Lipinski definition) is 3. The Labute approximate surface area is 76.8 Å². The van der Waals surface area contributed by atoms with Crippen LogP contribution in [-0.2, 0) is 0 Å². The number of nitrogen functional groups attached to an aromatic ring is 1. The van der Waals surface area contributed by atoms with Crippen molar-refractivity contribution in [3.8, 4) is 0 Å². The van der Waals surface area contributed by atoms with Crippen LogP contribution in [-0.4, -0.2) is 22.2 Å². The van der Waals surface area contributed by atoms with Crippen LogP contribution in [0.4, 0.5) is 11.5 Å². The van der Waals surface area contributed by atoms with Gasteiger partial charge < -0.3 is 16.2 Å². The molecule has 1 fully saturated rings. The molecule has 4 heteroatoms. The van der Waals surface area contributed by atoms with Crippen LogP contribution >= 0.6 is 0 Å². The normalized spacial score (nSPS) is 18.2. The molecule has 0 bridgehead atoms. The van der Waals surface area contributed by atoms with E-state index in [9.17, 15) is 0 Å². The maximum atomic E-state index is 9.06. The minimum Gasteiger partial charge on any atom is -0.397 e. The van der Waals surface area contributed by atoms with Crippen LogP contribution < -0.4 is 11.1 Å². The maximum absolute atomic E-state index is 9.06. The van der Waals surface area contributed by atoms with Crippen molar-refractivity contribution < 1.29 is 5.11 Å². The van der Waals surface area contributed by atoms with E-state index in [1.807, 2.05) is 6.07 Å². The third kappa shape index (κ3) is 1.72. The van der Waals surface area contributed by atoms with Crippen molar-refractivity contribution in [1.82, 2.24) is 4.98 Å². The molecule has 1 aromatic rings. The number of anilines is 2. The molecule has 1 aliphatic carbocycles. The molecular formula is C9H13N3O. The summed E-state index contributed by atoms with van der Waals surface area (Å²) in [7, 11) is 0. The van der Waals surface area contributed by atoms with Gasteiger partial charge in [-0.15, -0.1) is 0 Å². The molecule has 70 valence electrons. The van der Waals surface area contributed by atoms with Crippen LogP contribution in [0.5, 0.6) is 0 Å². The van der Waals surface area contributed by atoms with Crippen molar-refractivity contribution in [3.63, 3.8) is 0 Å². The van der Waals surface area contributed by atoms with Gasteiger partial charge in [0, 0.05) is 0 Å². The van der Waals surface area contributed by atoms with E-state index in [0.717, 1.165) is 18.7 Å². The van der Waals surface area contributed by atoms with E-state index in [1.54, 1.807) is 12.3 Å². The predicted octanol–water partition coefficient (Wildman–Crippen LogP) is 0.601. The summed E-state index contributed by atoms with van der Waals surface area (Å²) in [5.74, 6) is 0.778. The van der Waals surface area contributed by atoms with Crippen LogP contribution in [0.25, 0.3) is 0 Å². The second-order valence-corrected chi connectivity index (χ2v) is 3.54. The van der Waals surface area contributed by atoms with Gasteiger partial charge in [0.15, 0.2) is 0 Å². The van der Waals surface area contributed by atoms with Crippen LogP contribution in [0, 0.1) is 0 Å². The summed E-state index contributed by atoms with van der Waals surface area (Å²) in [6.07, 6.45) is 3.63. The van der Waals surface area contributed by atoms with Gasteiger partial charge in [-0.25, -0.2) is 4.98 Å². The lowest BCUT2D eigenvalue weighted by Crippen LogP contribution is -2.25. The van der Waals surface area contributed by atoms with E-state index in [2.05, 4.69) is 10.3 Å². The number of aliphatic hydroxyl groups excluding tert-OH is 1. The Kier molecular flexibility index (Phi) is 1.84. The van der Waals surface area contributed by atoms with E-state index in [4.69, 9.17) is 10.8 Å². The summed E-state index contributed by atoms with van der Waals surface area (Å²) < 4.78 is 0. The molecule has 4 N–H and O–H groups in total. The fourth-order valence-corrected chi connectivity index (χ4v) is 1.22. The molecule has 0 unspecified atom stereocenters. The molecule has 0 aromatic carbocycles. The van der Waals surface area contributed by atoms with Gasteiger partial charge in [-0.2, -0.15) is 0 Å². The highest BCUT2D eigenvalue weighted by atomic mass is 16.3. The smallest absolute Gasteiger partial charge is 0.126 e. The van der Waals surface area contributed by atoms with Crippen molar-refractivity contribution in [2.45, 2.75) is 18.4 Å². The fraction of sp³-hybridized carbons (Fsp3) is 0.444.